The van der Waals surface area contributed by atoms with Crippen molar-refractivity contribution < 1.29 is 17.9 Å². The number of carbonyl (C=O) groups is 1. The Kier molecular flexibility index (Phi) is 8.63. The highest BCUT2D eigenvalue weighted by atomic mass is 32.2. The molecule has 0 amide bonds. The van der Waals surface area contributed by atoms with Gasteiger partial charge < -0.3 is 15.4 Å². The van der Waals surface area contributed by atoms with Crippen LogP contribution in [0.15, 0.2) is 59.5 Å². The van der Waals surface area contributed by atoms with Crippen molar-refractivity contribution in [2.75, 3.05) is 38.2 Å². The minimum Gasteiger partial charge on any atom is -0.466 e. The Bertz CT molecular complexity index is 1720. The van der Waals surface area contributed by atoms with Crippen LogP contribution in [0.25, 0.3) is 11.0 Å². The summed E-state index contributed by atoms with van der Waals surface area (Å²) >= 11 is 0. The SMILES string of the molecule is Cc1ccc(C(CC(=O)OCCCN)c2ccc3c(nnn3C)c2C)cc1CN1CCN(C)c2ccccc2S1(=O)=O. The molecule has 0 bridgehead atoms. The summed E-state index contributed by atoms with van der Waals surface area (Å²) in [5.74, 6) is -0.641. The molecule has 1 unspecified atom stereocenters. The zero-order valence-corrected chi connectivity index (χ0v) is 25.4. The van der Waals surface area contributed by atoms with Gasteiger partial charge in [0.15, 0.2) is 0 Å². The van der Waals surface area contributed by atoms with Crippen LogP contribution in [0.2, 0.25) is 0 Å². The predicted molar refractivity (Wildman–Crippen MR) is 163 cm³/mol. The van der Waals surface area contributed by atoms with Gasteiger partial charge in [-0.3, -0.25) is 4.79 Å². The second-order valence-electron chi connectivity index (χ2n) is 10.9. The quantitative estimate of drug-likeness (QED) is 0.232. The lowest BCUT2D eigenvalue weighted by molar-refractivity contribution is -0.143. The first kappa shape index (κ1) is 29.7. The number of nitrogens with two attached hydrogens (primary N) is 1. The van der Waals surface area contributed by atoms with Crippen LogP contribution in [0.1, 0.15) is 46.6 Å². The Balaban J connectivity index is 1.53. The lowest BCUT2D eigenvalue weighted by Crippen LogP contribution is -2.33. The van der Waals surface area contributed by atoms with Gasteiger partial charge >= 0.3 is 5.97 Å². The molecule has 222 valence electrons. The molecule has 1 aliphatic rings. The van der Waals surface area contributed by atoms with Gasteiger partial charge in [-0.25, -0.2) is 13.1 Å². The maximum Gasteiger partial charge on any atom is 0.306 e. The Hall–Kier alpha value is -3.80. The number of anilines is 1. The molecule has 1 aliphatic heterocycles. The molecule has 0 fully saturated rings. The van der Waals surface area contributed by atoms with E-state index in [0.717, 1.165) is 38.9 Å². The number of carbonyl (C=O) groups excluding carboxylic acids is 1. The van der Waals surface area contributed by atoms with Gasteiger partial charge in [-0.05, 0) is 72.8 Å². The molecule has 42 heavy (non-hydrogen) atoms. The number of hydrogen-bond acceptors (Lipinski definition) is 8. The number of benzene rings is 3. The number of esters is 1. The normalized spacial score (nSPS) is 15.8. The third-order valence-electron chi connectivity index (χ3n) is 8.14. The number of aromatic nitrogens is 3. The average Bonchev–Trinajstić information content (AvgIpc) is 3.32. The van der Waals surface area contributed by atoms with Crippen molar-refractivity contribution >= 4 is 32.7 Å². The second-order valence-corrected chi connectivity index (χ2v) is 12.8. The number of ether oxygens (including phenoxy) is 1. The average molecular weight is 591 g/mol. The Morgan fingerprint density at radius 3 is 2.64 bits per heavy atom. The highest BCUT2D eigenvalue weighted by Gasteiger charge is 2.32. The van der Waals surface area contributed by atoms with Crippen molar-refractivity contribution in [3.63, 3.8) is 0 Å². The summed E-state index contributed by atoms with van der Waals surface area (Å²) in [4.78, 5) is 15.3. The van der Waals surface area contributed by atoms with Crippen molar-refractivity contribution in [3.8, 4) is 0 Å². The molecule has 0 saturated heterocycles. The minimum absolute atomic E-state index is 0.125. The van der Waals surface area contributed by atoms with Gasteiger partial charge in [0.2, 0.25) is 10.0 Å². The molecule has 0 spiro atoms. The zero-order chi connectivity index (χ0) is 30.0. The van der Waals surface area contributed by atoms with Crippen molar-refractivity contribution in [1.82, 2.24) is 19.3 Å². The predicted octanol–water partition coefficient (Wildman–Crippen LogP) is 3.64. The second kappa shape index (κ2) is 12.2. The first-order chi connectivity index (χ1) is 20.1. The van der Waals surface area contributed by atoms with Crippen LogP contribution in [0, 0.1) is 13.8 Å². The molecule has 3 aromatic carbocycles. The number of rotatable bonds is 9. The van der Waals surface area contributed by atoms with E-state index in [1.54, 1.807) is 21.1 Å². The van der Waals surface area contributed by atoms with Gasteiger partial charge in [0.25, 0.3) is 0 Å². The largest absolute Gasteiger partial charge is 0.466 e. The van der Waals surface area contributed by atoms with Crippen LogP contribution in [-0.4, -0.2) is 67.0 Å². The lowest BCUT2D eigenvalue weighted by Gasteiger charge is -2.24. The van der Waals surface area contributed by atoms with Gasteiger partial charge in [0.05, 0.1) is 24.2 Å². The molecule has 10 nitrogen and oxygen atoms in total. The van der Waals surface area contributed by atoms with E-state index in [4.69, 9.17) is 10.5 Å². The summed E-state index contributed by atoms with van der Waals surface area (Å²) in [6, 6.07) is 17.2. The molecule has 11 heteroatoms. The number of aryl methyl sites for hydroxylation is 3. The zero-order valence-electron chi connectivity index (χ0n) is 24.6. The number of sulfonamides is 1. The fourth-order valence-electron chi connectivity index (χ4n) is 5.59. The minimum atomic E-state index is -3.72. The van der Waals surface area contributed by atoms with Gasteiger partial charge in [0, 0.05) is 39.6 Å². The van der Waals surface area contributed by atoms with Crippen LogP contribution in [0.3, 0.4) is 0 Å². The first-order valence-electron chi connectivity index (χ1n) is 14.2. The van der Waals surface area contributed by atoms with E-state index in [1.807, 2.05) is 75.3 Å². The number of hydrogen-bond donors (Lipinski definition) is 1. The van der Waals surface area contributed by atoms with Crippen molar-refractivity contribution in [1.29, 1.82) is 0 Å². The Labute approximate surface area is 247 Å². The monoisotopic (exact) mass is 590 g/mol. The molecule has 2 N–H and O–H groups in total. The number of fused-ring (bicyclic) bond motifs is 2. The summed E-state index contributed by atoms with van der Waals surface area (Å²) < 4.78 is 36.3. The van der Waals surface area contributed by atoms with Gasteiger partial charge in [-0.2, -0.15) is 4.31 Å². The number of likely N-dealkylation sites (N-methyl/N-ethyl adjacent to an activating group) is 1. The van der Waals surface area contributed by atoms with Crippen LogP contribution >= 0.6 is 0 Å². The van der Waals surface area contributed by atoms with Crippen LogP contribution in [0.4, 0.5) is 5.69 Å². The fourth-order valence-corrected chi connectivity index (χ4v) is 7.24. The van der Waals surface area contributed by atoms with E-state index >= 15 is 0 Å². The standard InChI is InChI=1S/C31H38N6O4S/c1-21-10-11-23(18-24(21)20-37-16-15-35(3)27-8-5-6-9-29(27)42(37,39)40)26(19-30(38)41-17-7-14-32)25-12-13-28-31(22(25)2)33-34-36(28)4/h5-6,8-13,18,26H,7,14-17,19-20,32H2,1-4H3. The highest BCUT2D eigenvalue weighted by Crippen LogP contribution is 2.36. The van der Waals surface area contributed by atoms with E-state index < -0.39 is 10.0 Å². The Morgan fingerprint density at radius 2 is 1.86 bits per heavy atom. The van der Waals surface area contributed by atoms with Gasteiger partial charge in [-0.1, -0.05) is 41.6 Å². The molecule has 0 radical (unpaired) electrons. The van der Waals surface area contributed by atoms with Crippen LogP contribution < -0.4 is 10.6 Å². The summed E-state index contributed by atoms with van der Waals surface area (Å²) in [6.45, 7) is 5.84. The maximum atomic E-state index is 13.8. The van der Waals surface area contributed by atoms with E-state index in [0.29, 0.717) is 36.6 Å². The van der Waals surface area contributed by atoms with Gasteiger partial charge in [0.1, 0.15) is 10.4 Å². The maximum absolute atomic E-state index is 13.8. The molecule has 4 aromatic rings. The third kappa shape index (κ3) is 5.77. The first-order valence-corrected chi connectivity index (χ1v) is 15.6. The van der Waals surface area contributed by atoms with Crippen LogP contribution in [-0.2, 0) is 33.1 Å². The molecule has 0 aliphatic carbocycles. The Morgan fingerprint density at radius 1 is 1.07 bits per heavy atom. The molecular formula is C31H38N6O4S. The topological polar surface area (TPSA) is 124 Å². The van der Waals surface area contributed by atoms with E-state index in [1.165, 1.54) is 0 Å². The number of para-hydroxylation sites is 1. The smallest absolute Gasteiger partial charge is 0.306 e. The third-order valence-corrected chi connectivity index (χ3v) is 10.0. The number of nitrogens with zero attached hydrogens (tertiary/aromatic N) is 5. The summed E-state index contributed by atoms with van der Waals surface area (Å²) in [5.41, 5.74) is 12.6. The summed E-state index contributed by atoms with van der Waals surface area (Å²) in [6.07, 6.45) is 0.720. The highest BCUT2D eigenvalue weighted by molar-refractivity contribution is 7.89. The van der Waals surface area contributed by atoms with E-state index in [9.17, 15) is 13.2 Å². The van der Waals surface area contributed by atoms with E-state index in [-0.39, 0.29) is 31.5 Å². The lowest BCUT2D eigenvalue weighted by atomic mass is 9.84. The fraction of sp³-hybridized carbons (Fsp3) is 0.387. The summed E-state index contributed by atoms with van der Waals surface area (Å²) in [5, 5.41) is 8.53. The van der Waals surface area contributed by atoms with Crippen molar-refractivity contribution in [2.45, 2.75) is 44.0 Å². The van der Waals surface area contributed by atoms with E-state index in [2.05, 4.69) is 10.3 Å². The van der Waals surface area contributed by atoms with Crippen molar-refractivity contribution in [3.05, 3.63) is 82.4 Å². The van der Waals surface area contributed by atoms with Crippen LogP contribution in [0.5, 0.6) is 0 Å². The molecule has 2 heterocycles. The molecular weight excluding hydrogens is 552 g/mol. The molecule has 1 aromatic heterocycles. The molecule has 0 saturated carbocycles. The van der Waals surface area contributed by atoms with Gasteiger partial charge in [-0.15, -0.1) is 5.10 Å². The van der Waals surface area contributed by atoms with Crippen molar-refractivity contribution in [2.24, 2.45) is 12.8 Å². The summed E-state index contributed by atoms with van der Waals surface area (Å²) in [7, 11) is 0.0380. The molecule has 5 rings (SSSR count). The molecule has 1 atom stereocenters.